The van der Waals surface area contributed by atoms with Gasteiger partial charge in [-0.3, -0.25) is 4.55 Å². The van der Waals surface area contributed by atoms with Crippen LogP contribution in [0.1, 0.15) is 0 Å². The second-order valence-corrected chi connectivity index (χ2v) is 7.16. The summed E-state index contributed by atoms with van der Waals surface area (Å²) in [4.78, 5) is 7.90. The molecule has 2 heterocycles. The van der Waals surface area contributed by atoms with Gasteiger partial charge in [0, 0.05) is 10.8 Å². The number of pyridine rings is 1. The first-order valence-electron chi connectivity index (χ1n) is 8.00. The second kappa shape index (κ2) is 8.39. The van der Waals surface area contributed by atoms with Crippen molar-refractivity contribution in [2.45, 2.75) is 4.90 Å². The van der Waals surface area contributed by atoms with Crippen LogP contribution in [-0.4, -0.2) is 52.5 Å². The molecule has 0 amide bonds. The van der Waals surface area contributed by atoms with Crippen molar-refractivity contribution in [2.75, 3.05) is 5.73 Å². The molecule has 0 atom stereocenters. The van der Waals surface area contributed by atoms with Crippen molar-refractivity contribution in [1.29, 1.82) is 0 Å². The van der Waals surface area contributed by atoms with Gasteiger partial charge in [-0.25, -0.2) is 9.97 Å². The Morgan fingerprint density at radius 1 is 1.03 bits per heavy atom. The molecule has 11 heteroatoms. The average molecular weight is 419 g/mol. The van der Waals surface area contributed by atoms with E-state index in [0.29, 0.717) is 28.0 Å². The van der Waals surface area contributed by atoms with Crippen molar-refractivity contribution in [1.82, 2.24) is 9.97 Å². The van der Waals surface area contributed by atoms with E-state index in [0.717, 1.165) is 0 Å². The number of hydrogen-bond acceptors (Lipinski definition) is 8. The van der Waals surface area contributed by atoms with E-state index < -0.39 is 10.1 Å². The standard InChI is InChI=1S/C18H13N5O4S.Na.H/c19-17-13-4-2-1-3-12(13)16(28(24,25)26)9-15(17)23-22-11-5-6-14(21-10-11)18-20-7-8-27-18;;/h1-10H,19H2,(H,24,25,26);;. The van der Waals surface area contributed by atoms with Gasteiger partial charge in [-0.2, -0.15) is 8.42 Å². The van der Waals surface area contributed by atoms with Crippen molar-refractivity contribution in [3.63, 3.8) is 0 Å². The number of anilines is 1. The number of rotatable bonds is 4. The van der Waals surface area contributed by atoms with Gasteiger partial charge in [-0.15, -0.1) is 10.2 Å². The summed E-state index contributed by atoms with van der Waals surface area (Å²) in [5, 5.41) is 8.84. The van der Waals surface area contributed by atoms with Crippen molar-refractivity contribution < 1.29 is 17.4 Å². The molecule has 142 valence electrons. The molecule has 2 aromatic heterocycles. The van der Waals surface area contributed by atoms with E-state index in [2.05, 4.69) is 20.2 Å². The van der Waals surface area contributed by atoms with Gasteiger partial charge in [0.1, 0.15) is 28.2 Å². The Hall–Kier alpha value is -2.63. The summed E-state index contributed by atoms with van der Waals surface area (Å²) < 4.78 is 38.2. The van der Waals surface area contributed by atoms with E-state index in [1.807, 2.05) is 0 Å². The van der Waals surface area contributed by atoms with Gasteiger partial charge in [-0.1, -0.05) is 24.3 Å². The number of nitrogens with zero attached hydrogens (tertiary/aromatic N) is 4. The predicted octanol–water partition coefficient (Wildman–Crippen LogP) is 3.49. The Labute approximate surface area is 187 Å². The third-order valence-corrected chi connectivity index (χ3v) is 4.87. The molecule has 0 unspecified atom stereocenters. The predicted molar refractivity (Wildman–Crippen MR) is 109 cm³/mol. The van der Waals surface area contributed by atoms with Crippen molar-refractivity contribution in [2.24, 2.45) is 10.2 Å². The van der Waals surface area contributed by atoms with Crippen LogP contribution in [0.25, 0.3) is 22.4 Å². The molecule has 3 N–H and O–H groups in total. The third-order valence-electron chi connectivity index (χ3n) is 3.98. The molecule has 9 nitrogen and oxygen atoms in total. The average Bonchev–Trinajstić information content (AvgIpc) is 3.22. The van der Waals surface area contributed by atoms with Crippen molar-refractivity contribution in [3.05, 3.63) is 61.1 Å². The van der Waals surface area contributed by atoms with E-state index in [1.54, 1.807) is 36.4 Å². The Balaban J connectivity index is 0.00000240. The Morgan fingerprint density at radius 2 is 1.79 bits per heavy atom. The van der Waals surface area contributed by atoms with Crippen LogP contribution >= 0.6 is 0 Å². The number of nitrogen functional groups attached to an aromatic ring is 1. The fraction of sp³-hybridized carbons (Fsp3) is 0. The monoisotopic (exact) mass is 419 g/mol. The SMILES string of the molecule is Nc1c(N=Nc2ccc(-c3ncco3)nc2)cc(S(=O)(=O)O)c2ccccc12.[NaH]. The summed E-state index contributed by atoms with van der Waals surface area (Å²) in [6.07, 6.45) is 4.42. The maximum absolute atomic E-state index is 11.8. The third kappa shape index (κ3) is 4.36. The molecule has 0 saturated heterocycles. The maximum atomic E-state index is 11.8. The van der Waals surface area contributed by atoms with Crippen LogP contribution in [0.15, 0.2) is 80.7 Å². The van der Waals surface area contributed by atoms with Gasteiger partial charge in [0.25, 0.3) is 10.1 Å². The molecular formula is C18H14N5NaO4S. The molecular weight excluding hydrogens is 405 g/mol. The molecule has 4 aromatic rings. The van der Waals surface area contributed by atoms with E-state index in [9.17, 15) is 13.0 Å². The van der Waals surface area contributed by atoms with Gasteiger partial charge >= 0.3 is 29.6 Å². The molecule has 2 aromatic carbocycles. The normalized spacial score (nSPS) is 11.6. The van der Waals surface area contributed by atoms with E-state index in [-0.39, 0.29) is 45.8 Å². The number of azo groups is 1. The summed E-state index contributed by atoms with van der Waals surface area (Å²) in [5.74, 6) is 0.375. The zero-order valence-electron chi connectivity index (χ0n) is 14.2. The van der Waals surface area contributed by atoms with Gasteiger partial charge in [-0.05, 0) is 18.2 Å². The summed E-state index contributed by atoms with van der Waals surface area (Å²) in [5.41, 5.74) is 7.42. The van der Waals surface area contributed by atoms with Gasteiger partial charge in [0.05, 0.1) is 18.1 Å². The zero-order valence-corrected chi connectivity index (χ0v) is 15.0. The Morgan fingerprint density at radius 3 is 2.41 bits per heavy atom. The zero-order chi connectivity index (χ0) is 19.7. The quantitative estimate of drug-likeness (QED) is 0.223. The van der Waals surface area contributed by atoms with Crippen LogP contribution in [0, 0.1) is 0 Å². The van der Waals surface area contributed by atoms with Crippen LogP contribution in [0.5, 0.6) is 0 Å². The second-order valence-electron chi connectivity index (χ2n) is 5.77. The Bertz CT molecular complexity index is 1290. The molecule has 0 spiro atoms. The van der Waals surface area contributed by atoms with Gasteiger partial charge in [0.15, 0.2) is 0 Å². The molecule has 0 bridgehead atoms. The van der Waals surface area contributed by atoms with E-state index in [4.69, 9.17) is 10.2 Å². The summed E-state index contributed by atoms with van der Waals surface area (Å²) in [6, 6.07) is 11.1. The molecule has 0 aliphatic rings. The molecule has 4 rings (SSSR count). The molecule has 0 aliphatic carbocycles. The van der Waals surface area contributed by atoms with Crippen molar-refractivity contribution in [3.8, 4) is 11.6 Å². The van der Waals surface area contributed by atoms with Gasteiger partial charge < -0.3 is 10.2 Å². The topological polar surface area (TPSA) is 144 Å². The summed E-state index contributed by atoms with van der Waals surface area (Å²) >= 11 is 0. The molecule has 0 radical (unpaired) electrons. The van der Waals surface area contributed by atoms with Crippen molar-refractivity contribution >= 4 is 67.5 Å². The molecule has 0 aliphatic heterocycles. The fourth-order valence-electron chi connectivity index (χ4n) is 2.68. The minimum absolute atomic E-state index is 0. The number of hydrogen-bond donors (Lipinski definition) is 2. The molecule has 29 heavy (non-hydrogen) atoms. The first-order valence-corrected chi connectivity index (χ1v) is 9.44. The fourth-order valence-corrected chi connectivity index (χ4v) is 3.40. The number of benzene rings is 2. The number of fused-ring (bicyclic) bond motifs is 1. The summed E-state index contributed by atoms with van der Waals surface area (Å²) in [7, 11) is -4.47. The first-order chi connectivity index (χ1) is 13.4. The van der Waals surface area contributed by atoms with Crippen LogP contribution in [0.2, 0.25) is 0 Å². The van der Waals surface area contributed by atoms with Crippen LogP contribution in [0.3, 0.4) is 0 Å². The van der Waals surface area contributed by atoms with Crippen LogP contribution < -0.4 is 5.73 Å². The summed E-state index contributed by atoms with van der Waals surface area (Å²) in [6.45, 7) is 0. The van der Waals surface area contributed by atoms with Gasteiger partial charge in [0.2, 0.25) is 5.89 Å². The molecule has 0 fully saturated rings. The Kier molecular flexibility index (Phi) is 6.10. The number of oxazole rings is 1. The van der Waals surface area contributed by atoms with Crippen LogP contribution in [0.4, 0.5) is 17.1 Å². The first kappa shape index (κ1) is 21.1. The van der Waals surface area contributed by atoms with E-state index in [1.165, 1.54) is 24.7 Å². The van der Waals surface area contributed by atoms with Crippen LogP contribution in [-0.2, 0) is 10.1 Å². The van der Waals surface area contributed by atoms with E-state index >= 15 is 0 Å². The number of aromatic nitrogens is 2. The molecule has 0 saturated carbocycles. The number of nitrogens with two attached hydrogens (primary N) is 1. The minimum atomic E-state index is -4.47.